The van der Waals surface area contributed by atoms with Crippen molar-refractivity contribution in [3.8, 4) is 0 Å². The van der Waals surface area contributed by atoms with Crippen molar-refractivity contribution in [1.29, 1.82) is 0 Å². The molecule has 0 radical (unpaired) electrons. The van der Waals surface area contributed by atoms with E-state index in [1.54, 1.807) is 13.0 Å². The molecule has 166 valence electrons. The summed E-state index contributed by atoms with van der Waals surface area (Å²) in [6, 6.07) is 3.07. The fourth-order valence-corrected chi connectivity index (χ4v) is 4.46. The zero-order valence-electron chi connectivity index (χ0n) is 18.0. The Kier molecular flexibility index (Phi) is 6.86. The third-order valence-corrected chi connectivity index (χ3v) is 6.97. The summed E-state index contributed by atoms with van der Waals surface area (Å²) in [7, 11) is 0. The summed E-state index contributed by atoms with van der Waals surface area (Å²) in [4.78, 5) is 17.7. The van der Waals surface area contributed by atoms with Crippen molar-refractivity contribution < 1.29 is 18.1 Å². The molecule has 30 heavy (non-hydrogen) atoms. The highest BCUT2D eigenvalue weighted by Crippen LogP contribution is 2.31. The average Bonchev–Trinajstić information content (AvgIpc) is 2.67. The second-order valence-electron chi connectivity index (χ2n) is 8.78. The smallest absolute Gasteiger partial charge is 0.322 e. The number of benzene rings is 1. The van der Waals surface area contributed by atoms with E-state index in [-0.39, 0.29) is 23.2 Å². The molecule has 0 amide bonds. The van der Waals surface area contributed by atoms with Crippen LogP contribution in [0.5, 0.6) is 0 Å². The quantitative estimate of drug-likeness (QED) is 0.707. The van der Waals surface area contributed by atoms with E-state index < -0.39 is 28.2 Å². The summed E-state index contributed by atoms with van der Waals surface area (Å²) >= 11 is -1.34. The molecule has 2 atom stereocenters. The zero-order chi connectivity index (χ0) is 22.2. The monoisotopic (exact) mass is 441 g/mol. The zero-order valence-corrected chi connectivity index (χ0v) is 18.8. The standard InChI is InChI=1S/C21H29F2N3O3S/c1-12-10-15(13(2)25-30(28)21(3,4)5)17-16(11-12)19(27)26(20(22)23)18(24-17)14-6-8-29-9-7-14/h10-11,13-14,20,25H,6-9H2,1-5H3/t13-,30-/m1/s1. The van der Waals surface area contributed by atoms with Gasteiger partial charge < -0.3 is 9.29 Å². The van der Waals surface area contributed by atoms with E-state index in [9.17, 15) is 18.1 Å². The summed E-state index contributed by atoms with van der Waals surface area (Å²) in [5.74, 6) is -0.175. The lowest BCUT2D eigenvalue weighted by molar-refractivity contribution is 0.0503. The molecule has 3 rings (SSSR count). The number of hydrogen-bond donors (Lipinski definition) is 1. The molecule has 1 N–H and O–H groups in total. The number of aromatic nitrogens is 2. The molecular weight excluding hydrogens is 412 g/mol. The molecule has 0 spiro atoms. The van der Waals surface area contributed by atoms with Gasteiger partial charge in [0.2, 0.25) is 0 Å². The van der Waals surface area contributed by atoms with Gasteiger partial charge in [-0.05, 0) is 59.1 Å². The van der Waals surface area contributed by atoms with Crippen LogP contribution in [0.25, 0.3) is 10.9 Å². The number of hydrogen-bond acceptors (Lipinski definition) is 5. The maximum atomic E-state index is 13.9. The number of nitrogens with one attached hydrogen (secondary N) is 1. The molecule has 2 aromatic rings. The summed E-state index contributed by atoms with van der Waals surface area (Å²) in [6.07, 6.45) is 1.07. The van der Waals surface area contributed by atoms with Gasteiger partial charge >= 0.3 is 6.55 Å². The van der Waals surface area contributed by atoms with Gasteiger partial charge in [-0.2, -0.15) is 8.78 Å². The number of aryl methyl sites for hydroxylation is 1. The van der Waals surface area contributed by atoms with E-state index in [0.29, 0.717) is 41.7 Å². The van der Waals surface area contributed by atoms with E-state index in [0.717, 1.165) is 5.56 Å². The third-order valence-electron chi connectivity index (χ3n) is 5.29. The van der Waals surface area contributed by atoms with E-state index >= 15 is 0 Å². The first-order chi connectivity index (χ1) is 14.0. The molecule has 0 bridgehead atoms. The molecule has 2 heterocycles. The summed E-state index contributed by atoms with van der Waals surface area (Å²) in [6.45, 7) is 7.15. The van der Waals surface area contributed by atoms with Crippen LogP contribution in [0.2, 0.25) is 0 Å². The fourth-order valence-electron chi connectivity index (χ4n) is 3.66. The van der Waals surface area contributed by atoms with Crippen LogP contribution in [0.4, 0.5) is 8.78 Å². The van der Waals surface area contributed by atoms with Crippen molar-refractivity contribution in [2.24, 2.45) is 0 Å². The van der Waals surface area contributed by atoms with Gasteiger partial charge in [-0.1, -0.05) is 6.07 Å². The molecule has 0 aliphatic carbocycles. The highest BCUT2D eigenvalue weighted by Gasteiger charge is 2.31. The van der Waals surface area contributed by atoms with E-state index in [1.807, 2.05) is 33.8 Å². The Balaban J connectivity index is 2.19. The van der Waals surface area contributed by atoms with Crippen molar-refractivity contribution in [2.75, 3.05) is 13.2 Å². The Morgan fingerprint density at radius 3 is 2.50 bits per heavy atom. The molecule has 9 heteroatoms. The number of ether oxygens (including phenoxy) is 1. The van der Waals surface area contributed by atoms with Crippen molar-refractivity contribution in [2.45, 2.75) is 70.7 Å². The Morgan fingerprint density at radius 2 is 1.93 bits per heavy atom. The Hall–Kier alpha value is -1.55. The predicted octanol–water partition coefficient (Wildman–Crippen LogP) is 4.11. The highest BCUT2D eigenvalue weighted by atomic mass is 32.2. The van der Waals surface area contributed by atoms with Gasteiger partial charge in [0, 0.05) is 36.1 Å². The maximum absolute atomic E-state index is 13.9. The Bertz CT molecular complexity index is 969. The maximum Gasteiger partial charge on any atom is 0.322 e. The minimum absolute atomic E-state index is 0.0973. The van der Waals surface area contributed by atoms with Gasteiger partial charge in [0.15, 0.2) is 0 Å². The largest absolute Gasteiger partial charge is 0.598 e. The summed E-state index contributed by atoms with van der Waals surface area (Å²) < 4.78 is 48.8. The normalized spacial score (nSPS) is 18.2. The van der Waals surface area contributed by atoms with Crippen LogP contribution >= 0.6 is 0 Å². The van der Waals surface area contributed by atoms with Crippen LogP contribution < -0.4 is 10.3 Å². The topological polar surface area (TPSA) is 79.2 Å². The predicted molar refractivity (Wildman–Crippen MR) is 114 cm³/mol. The lowest BCUT2D eigenvalue weighted by atomic mass is 9.97. The lowest BCUT2D eigenvalue weighted by Gasteiger charge is -2.28. The van der Waals surface area contributed by atoms with Gasteiger partial charge in [-0.15, -0.1) is 4.72 Å². The van der Waals surface area contributed by atoms with Crippen LogP contribution in [0.3, 0.4) is 0 Å². The second kappa shape index (κ2) is 8.90. The SMILES string of the molecule is Cc1cc([C@@H](C)N[S@+]([O-])C(C)(C)C)c2nc(C3CCOCC3)n(C(F)F)c(=O)c2c1. The van der Waals surface area contributed by atoms with Gasteiger partial charge in [0.1, 0.15) is 10.6 Å². The third kappa shape index (κ3) is 4.69. The molecular formula is C21H29F2N3O3S. The van der Waals surface area contributed by atoms with Crippen LogP contribution in [-0.2, 0) is 16.1 Å². The number of alkyl halides is 2. The second-order valence-corrected chi connectivity index (χ2v) is 10.8. The van der Waals surface area contributed by atoms with E-state index in [1.165, 1.54) is 0 Å². The van der Waals surface area contributed by atoms with E-state index in [4.69, 9.17) is 4.74 Å². The van der Waals surface area contributed by atoms with Crippen LogP contribution in [-0.4, -0.2) is 32.1 Å². The van der Waals surface area contributed by atoms with Crippen LogP contribution in [0, 0.1) is 6.92 Å². The minimum atomic E-state index is -2.97. The molecule has 0 saturated carbocycles. The molecule has 1 aliphatic rings. The molecule has 1 saturated heterocycles. The Labute approximate surface area is 178 Å². The van der Waals surface area contributed by atoms with Crippen molar-refractivity contribution in [1.82, 2.24) is 14.3 Å². The van der Waals surface area contributed by atoms with Crippen molar-refractivity contribution in [3.63, 3.8) is 0 Å². The number of nitrogens with zero attached hydrogens (tertiary/aromatic N) is 2. The fraction of sp³-hybridized carbons (Fsp3) is 0.619. The molecule has 1 aliphatic heterocycles. The first-order valence-corrected chi connectivity index (χ1v) is 11.3. The first-order valence-electron chi connectivity index (χ1n) is 10.1. The number of fused-ring (bicyclic) bond motifs is 1. The number of rotatable bonds is 5. The molecule has 1 aromatic heterocycles. The highest BCUT2D eigenvalue weighted by molar-refractivity contribution is 7.90. The molecule has 1 fully saturated rings. The molecule has 6 nitrogen and oxygen atoms in total. The molecule has 1 aromatic carbocycles. The average molecular weight is 442 g/mol. The van der Waals surface area contributed by atoms with Crippen LogP contribution in [0.15, 0.2) is 16.9 Å². The van der Waals surface area contributed by atoms with Crippen LogP contribution in [0.1, 0.15) is 76.0 Å². The van der Waals surface area contributed by atoms with Gasteiger partial charge in [-0.3, -0.25) is 4.79 Å². The minimum Gasteiger partial charge on any atom is -0.598 e. The number of halogens is 2. The Morgan fingerprint density at radius 1 is 1.30 bits per heavy atom. The van der Waals surface area contributed by atoms with Crippen molar-refractivity contribution in [3.05, 3.63) is 39.4 Å². The molecule has 0 unspecified atom stereocenters. The van der Waals surface area contributed by atoms with Gasteiger partial charge in [-0.25, -0.2) is 9.55 Å². The summed E-state index contributed by atoms with van der Waals surface area (Å²) in [5, 5.41) is 0.149. The van der Waals surface area contributed by atoms with Gasteiger partial charge in [0.05, 0.1) is 16.9 Å². The first kappa shape index (κ1) is 23.1. The van der Waals surface area contributed by atoms with E-state index in [2.05, 4.69) is 9.71 Å². The summed E-state index contributed by atoms with van der Waals surface area (Å²) in [5.41, 5.74) is 1.07. The van der Waals surface area contributed by atoms with Crippen molar-refractivity contribution >= 4 is 22.3 Å². The lowest BCUT2D eigenvalue weighted by Crippen LogP contribution is -2.40. The van der Waals surface area contributed by atoms with Gasteiger partial charge in [0.25, 0.3) is 5.56 Å².